The van der Waals surface area contributed by atoms with Crippen molar-refractivity contribution in [2.45, 2.75) is 39.4 Å². The highest BCUT2D eigenvalue weighted by molar-refractivity contribution is 7.10. The molecule has 0 saturated carbocycles. The highest BCUT2D eigenvalue weighted by Gasteiger charge is 2.18. The summed E-state index contributed by atoms with van der Waals surface area (Å²) in [6, 6.07) is 11.5. The first kappa shape index (κ1) is 18.1. The summed E-state index contributed by atoms with van der Waals surface area (Å²) in [6.07, 6.45) is 0.201. The molecule has 136 valence electrons. The first-order chi connectivity index (χ1) is 12.6. The largest absolute Gasteiger partial charge is 0.349 e. The Bertz CT molecular complexity index is 902. The van der Waals surface area contributed by atoms with Crippen molar-refractivity contribution in [3.05, 3.63) is 52.5 Å². The predicted molar refractivity (Wildman–Crippen MR) is 103 cm³/mol. The minimum atomic E-state index is -0.308. The van der Waals surface area contributed by atoms with Gasteiger partial charge in [0.1, 0.15) is 5.82 Å². The van der Waals surface area contributed by atoms with E-state index in [9.17, 15) is 9.59 Å². The molecule has 0 spiro atoms. The number of imidazole rings is 1. The summed E-state index contributed by atoms with van der Waals surface area (Å²) in [6.45, 7) is 4.67. The van der Waals surface area contributed by atoms with Gasteiger partial charge in [-0.2, -0.15) is 0 Å². The number of carbonyl (C=O) groups excluding carboxylic acids is 2. The van der Waals surface area contributed by atoms with Crippen LogP contribution >= 0.6 is 11.3 Å². The van der Waals surface area contributed by atoms with Crippen LogP contribution in [-0.4, -0.2) is 21.4 Å². The molecule has 0 radical (unpaired) electrons. The van der Waals surface area contributed by atoms with Gasteiger partial charge in [-0.3, -0.25) is 9.59 Å². The number of hydrogen-bond acceptors (Lipinski definition) is 4. The molecule has 2 N–H and O–H groups in total. The minimum Gasteiger partial charge on any atom is -0.349 e. The summed E-state index contributed by atoms with van der Waals surface area (Å²) in [4.78, 5) is 29.4. The normalized spacial score (nSPS) is 12.1. The third-order valence-corrected chi connectivity index (χ3v) is 5.13. The van der Waals surface area contributed by atoms with Gasteiger partial charge in [0.15, 0.2) is 0 Å². The minimum absolute atomic E-state index is 0.119. The van der Waals surface area contributed by atoms with Crippen molar-refractivity contribution in [1.29, 1.82) is 0 Å². The van der Waals surface area contributed by atoms with Crippen molar-refractivity contribution in [3.8, 4) is 0 Å². The number of carbonyl (C=O) groups is 2. The Hall–Kier alpha value is -2.67. The molecule has 3 rings (SSSR count). The van der Waals surface area contributed by atoms with E-state index in [4.69, 9.17) is 0 Å². The van der Waals surface area contributed by atoms with Gasteiger partial charge in [0, 0.05) is 18.3 Å². The quantitative estimate of drug-likeness (QED) is 0.671. The van der Waals surface area contributed by atoms with Crippen LogP contribution in [0, 0.1) is 0 Å². The lowest BCUT2D eigenvalue weighted by Gasteiger charge is -2.16. The fourth-order valence-corrected chi connectivity index (χ4v) is 3.78. The summed E-state index contributed by atoms with van der Waals surface area (Å²) < 4.78 is 2.10. The van der Waals surface area contributed by atoms with Gasteiger partial charge in [-0.1, -0.05) is 18.2 Å². The molecular weight excluding hydrogens is 348 g/mol. The standard InChI is InChI=1S/C19H22N4O2S/c1-3-23-16-8-5-4-7-14(16)22-18(23)12-20-19(25)11-15(21-13(2)24)17-9-6-10-26-17/h4-10,15H,3,11-12H2,1-2H3,(H,20,25)(H,21,24)/t15-/m1/s1. The van der Waals surface area contributed by atoms with Crippen molar-refractivity contribution in [3.63, 3.8) is 0 Å². The predicted octanol–water partition coefficient (Wildman–Crippen LogP) is 3.00. The zero-order valence-corrected chi connectivity index (χ0v) is 15.7. The van der Waals surface area contributed by atoms with Crippen LogP contribution in [0.5, 0.6) is 0 Å². The molecule has 2 heterocycles. The topological polar surface area (TPSA) is 76.0 Å². The van der Waals surface area contributed by atoms with Crippen LogP contribution in [0.25, 0.3) is 11.0 Å². The fraction of sp³-hybridized carbons (Fsp3) is 0.316. The molecule has 6 nitrogen and oxygen atoms in total. The zero-order valence-electron chi connectivity index (χ0n) is 14.9. The molecule has 0 fully saturated rings. The summed E-state index contributed by atoms with van der Waals surface area (Å²) in [7, 11) is 0. The number of aromatic nitrogens is 2. The van der Waals surface area contributed by atoms with Crippen molar-refractivity contribution in [2.24, 2.45) is 0 Å². The Morgan fingerprint density at radius 2 is 2.04 bits per heavy atom. The maximum atomic E-state index is 12.4. The second kappa shape index (κ2) is 8.14. The first-order valence-electron chi connectivity index (χ1n) is 8.59. The van der Waals surface area contributed by atoms with Gasteiger partial charge in [-0.05, 0) is 30.5 Å². The second-order valence-corrected chi connectivity index (χ2v) is 6.99. The number of hydrogen-bond donors (Lipinski definition) is 2. The average molecular weight is 370 g/mol. The Balaban J connectivity index is 1.67. The van der Waals surface area contributed by atoms with Crippen LogP contribution in [-0.2, 0) is 22.7 Å². The average Bonchev–Trinajstić information content (AvgIpc) is 3.26. The molecule has 0 aliphatic rings. The highest BCUT2D eigenvalue weighted by Crippen LogP contribution is 2.22. The van der Waals surface area contributed by atoms with E-state index in [2.05, 4.69) is 27.1 Å². The van der Waals surface area contributed by atoms with E-state index in [-0.39, 0.29) is 24.3 Å². The second-order valence-electron chi connectivity index (χ2n) is 6.01. The van der Waals surface area contributed by atoms with Crippen molar-refractivity contribution in [2.75, 3.05) is 0 Å². The van der Waals surface area contributed by atoms with Gasteiger partial charge >= 0.3 is 0 Å². The van der Waals surface area contributed by atoms with E-state index in [1.165, 1.54) is 18.3 Å². The Kier molecular flexibility index (Phi) is 5.68. The molecular formula is C19H22N4O2S. The smallest absolute Gasteiger partial charge is 0.222 e. The summed E-state index contributed by atoms with van der Waals surface area (Å²) >= 11 is 1.53. The lowest BCUT2D eigenvalue weighted by atomic mass is 10.1. The number of nitrogens with one attached hydrogen (secondary N) is 2. The van der Waals surface area contributed by atoms with Crippen LogP contribution in [0.4, 0.5) is 0 Å². The summed E-state index contributed by atoms with van der Waals surface area (Å²) in [5, 5.41) is 7.71. The molecule has 0 aliphatic heterocycles. The third-order valence-electron chi connectivity index (χ3n) is 4.15. The molecule has 26 heavy (non-hydrogen) atoms. The first-order valence-corrected chi connectivity index (χ1v) is 9.47. The van der Waals surface area contributed by atoms with E-state index in [1.807, 2.05) is 41.8 Å². The molecule has 2 amide bonds. The molecule has 1 aromatic carbocycles. The Morgan fingerprint density at radius 1 is 1.23 bits per heavy atom. The molecule has 0 aliphatic carbocycles. The molecule has 0 unspecified atom stereocenters. The number of fused-ring (bicyclic) bond motifs is 1. The SMILES string of the molecule is CCn1c(CNC(=O)C[C@@H](NC(C)=O)c2cccs2)nc2ccccc21. The molecule has 0 saturated heterocycles. The Morgan fingerprint density at radius 3 is 2.73 bits per heavy atom. The monoisotopic (exact) mass is 370 g/mol. The number of para-hydroxylation sites is 2. The van der Waals surface area contributed by atoms with Crippen LogP contribution in [0.2, 0.25) is 0 Å². The van der Waals surface area contributed by atoms with Gasteiger partial charge in [0.2, 0.25) is 11.8 Å². The maximum Gasteiger partial charge on any atom is 0.222 e. The number of thiophene rings is 1. The molecule has 0 bridgehead atoms. The molecule has 3 aromatic rings. The summed E-state index contributed by atoms with van der Waals surface area (Å²) in [5.41, 5.74) is 1.99. The van der Waals surface area contributed by atoms with Crippen molar-refractivity contribution < 1.29 is 9.59 Å². The van der Waals surface area contributed by atoms with Crippen molar-refractivity contribution in [1.82, 2.24) is 20.2 Å². The fourth-order valence-electron chi connectivity index (χ4n) is 3.01. The van der Waals surface area contributed by atoms with Crippen LogP contribution in [0.3, 0.4) is 0 Å². The molecule has 7 heteroatoms. The van der Waals surface area contributed by atoms with Crippen molar-refractivity contribution >= 4 is 34.2 Å². The number of benzene rings is 1. The van der Waals surface area contributed by atoms with Crippen LogP contribution in [0.15, 0.2) is 41.8 Å². The lowest BCUT2D eigenvalue weighted by Crippen LogP contribution is -2.32. The van der Waals surface area contributed by atoms with Gasteiger partial charge in [-0.15, -0.1) is 11.3 Å². The number of nitrogens with zero attached hydrogens (tertiary/aromatic N) is 2. The highest BCUT2D eigenvalue weighted by atomic mass is 32.1. The number of aryl methyl sites for hydroxylation is 1. The van der Waals surface area contributed by atoms with Gasteiger partial charge in [-0.25, -0.2) is 4.98 Å². The van der Waals surface area contributed by atoms with E-state index in [1.54, 1.807) is 0 Å². The maximum absolute atomic E-state index is 12.4. The Labute approximate surface area is 156 Å². The number of amides is 2. The van der Waals surface area contributed by atoms with Gasteiger partial charge < -0.3 is 15.2 Å². The van der Waals surface area contributed by atoms with Crippen LogP contribution < -0.4 is 10.6 Å². The van der Waals surface area contributed by atoms with E-state index in [0.717, 1.165) is 28.3 Å². The molecule has 1 atom stereocenters. The number of rotatable bonds is 7. The zero-order chi connectivity index (χ0) is 18.5. The van der Waals surface area contributed by atoms with E-state index >= 15 is 0 Å². The van der Waals surface area contributed by atoms with Crippen LogP contribution in [0.1, 0.15) is 37.0 Å². The van der Waals surface area contributed by atoms with E-state index < -0.39 is 0 Å². The van der Waals surface area contributed by atoms with Gasteiger partial charge in [0.25, 0.3) is 0 Å². The van der Waals surface area contributed by atoms with Gasteiger partial charge in [0.05, 0.1) is 30.0 Å². The third kappa shape index (κ3) is 4.11. The molecule has 2 aromatic heterocycles. The van der Waals surface area contributed by atoms with E-state index in [0.29, 0.717) is 6.54 Å². The summed E-state index contributed by atoms with van der Waals surface area (Å²) in [5.74, 6) is 0.560. The lowest BCUT2D eigenvalue weighted by molar-refractivity contribution is -0.122.